The first kappa shape index (κ1) is 16.6. The number of hydrogen-bond acceptors (Lipinski definition) is 5. The zero-order valence-corrected chi connectivity index (χ0v) is 13.3. The van der Waals surface area contributed by atoms with E-state index in [4.69, 9.17) is 10.5 Å². The van der Waals surface area contributed by atoms with Crippen molar-refractivity contribution in [2.24, 2.45) is 0 Å². The van der Waals surface area contributed by atoms with Gasteiger partial charge in [0.2, 0.25) is 0 Å². The highest BCUT2D eigenvalue weighted by Crippen LogP contribution is 2.32. The van der Waals surface area contributed by atoms with Gasteiger partial charge >= 0.3 is 5.97 Å². The molecule has 0 radical (unpaired) electrons. The Kier molecular flexibility index (Phi) is 4.47. The zero-order chi connectivity index (χ0) is 18.0. The van der Waals surface area contributed by atoms with Crippen LogP contribution in [-0.4, -0.2) is 17.6 Å². The lowest BCUT2D eigenvalue weighted by Crippen LogP contribution is -2.09. The summed E-state index contributed by atoms with van der Waals surface area (Å²) >= 11 is 0. The Hall–Kier alpha value is -3.22. The molecule has 2 aromatic carbocycles. The molecule has 0 aliphatic heterocycles. The Morgan fingerprint density at radius 3 is 2.68 bits per heavy atom. The summed E-state index contributed by atoms with van der Waals surface area (Å²) < 4.78 is 33.0. The molecule has 0 saturated carbocycles. The fraction of sp³-hybridized carbons (Fsp3) is 0.111. The SMILES string of the molecule is CCOC(=O)c1cccc(Nc2ccnc3c(F)ccc(F)c23)c1N. The third-order valence-corrected chi connectivity index (χ3v) is 3.66. The Morgan fingerprint density at radius 2 is 1.92 bits per heavy atom. The van der Waals surface area contributed by atoms with Crippen LogP contribution in [0.5, 0.6) is 0 Å². The maximum atomic E-state index is 14.2. The number of pyridine rings is 1. The molecule has 0 atom stereocenters. The minimum Gasteiger partial charge on any atom is -0.462 e. The number of nitrogens with two attached hydrogens (primary N) is 1. The van der Waals surface area contributed by atoms with Crippen LogP contribution in [0.1, 0.15) is 17.3 Å². The Bertz CT molecular complexity index is 960. The molecular weight excluding hydrogens is 328 g/mol. The molecule has 128 valence electrons. The van der Waals surface area contributed by atoms with E-state index in [2.05, 4.69) is 10.3 Å². The van der Waals surface area contributed by atoms with Crippen LogP contribution in [0.2, 0.25) is 0 Å². The molecule has 0 amide bonds. The molecule has 3 N–H and O–H groups in total. The summed E-state index contributed by atoms with van der Waals surface area (Å²) in [4.78, 5) is 15.8. The van der Waals surface area contributed by atoms with Gasteiger partial charge in [0.1, 0.15) is 17.2 Å². The predicted octanol–water partition coefficient (Wildman–Crippen LogP) is 4.02. The van der Waals surface area contributed by atoms with Gasteiger partial charge in [-0.25, -0.2) is 13.6 Å². The molecule has 7 heteroatoms. The van der Waals surface area contributed by atoms with Crippen LogP contribution in [0.15, 0.2) is 42.6 Å². The number of nitrogens with one attached hydrogen (secondary N) is 1. The number of carbonyl (C=O) groups is 1. The van der Waals surface area contributed by atoms with Crippen molar-refractivity contribution in [1.82, 2.24) is 4.98 Å². The predicted molar refractivity (Wildman–Crippen MR) is 91.8 cm³/mol. The number of anilines is 3. The maximum absolute atomic E-state index is 14.2. The molecule has 3 aromatic rings. The van der Waals surface area contributed by atoms with E-state index >= 15 is 0 Å². The van der Waals surface area contributed by atoms with Gasteiger partial charge in [0, 0.05) is 6.20 Å². The minimum atomic E-state index is -0.631. The van der Waals surface area contributed by atoms with Crippen molar-refractivity contribution >= 4 is 33.9 Å². The number of aromatic nitrogens is 1. The van der Waals surface area contributed by atoms with Crippen LogP contribution in [0.25, 0.3) is 10.9 Å². The van der Waals surface area contributed by atoms with Crippen LogP contribution < -0.4 is 11.1 Å². The van der Waals surface area contributed by atoms with Crippen molar-refractivity contribution in [3.05, 3.63) is 59.8 Å². The van der Waals surface area contributed by atoms with Gasteiger partial charge in [-0.05, 0) is 37.3 Å². The fourth-order valence-electron chi connectivity index (χ4n) is 2.50. The number of esters is 1. The number of ether oxygens (including phenoxy) is 1. The van der Waals surface area contributed by atoms with Gasteiger partial charge in [-0.2, -0.15) is 0 Å². The summed E-state index contributed by atoms with van der Waals surface area (Å²) in [6.07, 6.45) is 1.36. The topological polar surface area (TPSA) is 77.2 Å². The molecular formula is C18H15F2N3O2. The molecule has 25 heavy (non-hydrogen) atoms. The average Bonchev–Trinajstić information content (AvgIpc) is 2.60. The number of hydrogen-bond donors (Lipinski definition) is 2. The number of nitrogen functional groups attached to an aromatic ring is 1. The first-order valence-electron chi connectivity index (χ1n) is 7.58. The monoisotopic (exact) mass is 343 g/mol. The fourth-order valence-corrected chi connectivity index (χ4v) is 2.50. The molecule has 0 aliphatic rings. The smallest absolute Gasteiger partial charge is 0.340 e. The zero-order valence-electron chi connectivity index (χ0n) is 13.3. The summed E-state index contributed by atoms with van der Waals surface area (Å²) in [6.45, 7) is 1.91. The number of benzene rings is 2. The summed E-state index contributed by atoms with van der Waals surface area (Å²) in [5, 5.41) is 2.94. The number of halogens is 2. The standard InChI is InChI=1S/C18H15F2N3O2/c1-2-25-18(24)10-4-3-5-14(16(10)21)23-13-8-9-22-17-12(20)7-6-11(19)15(13)17/h3-9H,2,21H2,1H3,(H,22,23). The molecule has 5 nitrogen and oxygen atoms in total. The summed E-state index contributed by atoms with van der Waals surface area (Å²) in [5.41, 5.74) is 6.95. The van der Waals surface area contributed by atoms with Gasteiger partial charge in [-0.15, -0.1) is 0 Å². The number of para-hydroxylation sites is 1. The van der Waals surface area contributed by atoms with Gasteiger partial charge in [0.15, 0.2) is 0 Å². The lowest BCUT2D eigenvalue weighted by Gasteiger charge is -2.14. The van der Waals surface area contributed by atoms with E-state index < -0.39 is 17.6 Å². The van der Waals surface area contributed by atoms with Crippen LogP contribution in [0.3, 0.4) is 0 Å². The number of fused-ring (bicyclic) bond motifs is 1. The number of nitrogens with zero attached hydrogens (tertiary/aromatic N) is 1. The summed E-state index contributed by atoms with van der Waals surface area (Å²) in [6, 6.07) is 8.32. The first-order chi connectivity index (χ1) is 12.0. The van der Waals surface area contributed by atoms with Crippen molar-refractivity contribution in [1.29, 1.82) is 0 Å². The average molecular weight is 343 g/mol. The molecule has 0 aliphatic carbocycles. The molecule has 1 heterocycles. The van der Waals surface area contributed by atoms with Gasteiger partial charge in [-0.3, -0.25) is 4.98 Å². The highest BCUT2D eigenvalue weighted by atomic mass is 19.1. The first-order valence-corrected chi connectivity index (χ1v) is 7.58. The highest BCUT2D eigenvalue weighted by molar-refractivity contribution is 6.00. The van der Waals surface area contributed by atoms with E-state index in [0.29, 0.717) is 5.69 Å². The van der Waals surface area contributed by atoms with Crippen molar-refractivity contribution in [3.63, 3.8) is 0 Å². The Labute approximate surface area is 142 Å². The van der Waals surface area contributed by atoms with E-state index in [1.165, 1.54) is 18.3 Å². The van der Waals surface area contributed by atoms with Gasteiger partial charge in [0.25, 0.3) is 0 Å². The second-order valence-corrected chi connectivity index (χ2v) is 5.22. The van der Waals surface area contributed by atoms with Crippen LogP contribution in [0, 0.1) is 11.6 Å². The van der Waals surface area contributed by atoms with Crippen LogP contribution in [-0.2, 0) is 4.74 Å². The van der Waals surface area contributed by atoms with Gasteiger partial charge in [-0.1, -0.05) is 6.07 Å². The Morgan fingerprint density at radius 1 is 1.16 bits per heavy atom. The maximum Gasteiger partial charge on any atom is 0.340 e. The van der Waals surface area contributed by atoms with Crippen molar-refractivity contribution in [3.8, 4) is 0 Å². The summed E-state index contributed by atoms with van der Waals surface area (Å²) in [5.74, 6) is -1.80. The second-order valence-electron chi connectivity index (χ2n) is 5.22. The van der Waals surface area contributed by atoms with Crippen molar-refractivity contribution in [2.45, 2.75) is 6.92 Å². The normalized spacial score (nSPS) is 10.7. The molecule has 0 fully saturated rings. The highest BCUT2D eigenvalue weighted by Gasteiger charge is 2.16. The van der Waals surface area contributed by atoms with Gasteiger partial charge in [0.05, 0.1) is 34.6 Å². The van der Waals surface area contributed by atoms with E-state index in [1.54, 1.807) is 19.1 Å². The number of carbonyl (C=O) groups excluding carboxylic acids is 1. The lowest BCUT2D eigenvalue weighted by molar-refractivity contribution is 0.0527. The lowest BCUT2D eigenvalue weighted by atomic mass is 10.1. The molecule has 0 saturated heterocycles. The molecule has 1 aromatic heterocycles. The largest absolute Gasteiger partial charge is 0.462 e. The van der Waals surface area contributed by atoms with Crippen LogP contribution in [0.4, 0.5) is 25.8 Å². The molecule has 3 rings (SSSR count). The van der Waals surface area contributed by atoms with E-state index in [0.717, 1.165) is 12.1 Å². The second kappa shape index (κ2) is 6.72. The molecule has 0 unspecified atom stereocenters. The van der Waals surface area contributed by atoms with Gasteiger partial charge < -0.3 is 15.8 Å². The number of rotatable bonds is 4. The van der Waals surface area contributed by atoms with Crippen LogP contribution >= 0.6 is 0 Å². The van der Waals surface area contributed by atoms with E-state index in [9.17, 15) is 13.6 Å². The third-order valence-electron chi connectivity index (χ3n) is 3.66. The summed E-state index contributed by atoms with van der Waals surface area (Å²) in [7, 11) is 0. The Balaban J connectivity index is 2.07. The van der Waals surface area contributed by atoms with E-state index in [-0.39, 0.29) is 34.4 Å². The minimum absolute atomic E-state index is 0.00318. The van der Waals surface area contributed by atoms with Crippen molar-refractivity contribution < 1.29 is 18.3 Å². The molecule has 0 bridgehead atoms. The molecule has 0 spiro atoms. The third kappa shape index (κ3) is 3.08. The quantitative estimate of drug-likeness (QED) is 0.553. The van der Waals surface area contributed by atoms with E-state index in [1.807, 2.05) is 0 Å². The van der Waals surface area contributed by atoms with Crippen molar-refractivity contribution in [2.75, 3.05) is 17.7 Å².